The first-order valence-electron chi connectivity index (χ1n) is 8.75. The average Bonchev–Trinajstić information content (AvgIpc) is 2.95. The Hall–Kier alpha value is -2.83. The monoisotopic (exact) mass is 356 g/mol. The zero-order chi connectivity index (χ0) is 18.8. The van der Waals surface area contributed by atoms with E-state index in [-0.39, 0.29) is 18.4 Å². The van der Waals surface area contributed by atoms with Gasteiger partial charge >= 0.3 is 0 Å². The van der Waals surface area contributed by atoms with Crippen LogP contribution in [-0.2, 0) is 27.9 Å². The number of amides is 3. The Labute approximate surface area is 152 Å². The molecule has 7 nitrogen and oxygen atoms in total. The van der Waals surface area contributed by atoms with Crippen LogP contribution >= 0.6 is 0 Å². The zero-order valence-corrected chi connectivity index (χ0v) is 15.1. The van der Waals surface area contributed by atoms with Crippen LogP contribution in [0.1, 0.15) is 18.9 Å². The number of benzene rings is 1. The fourth-order valence-corrected chi connectivity index (χ4v) is 3.62. The van der Waals surface area contributed by atoms with Crippen LogP contribution in [0.5, 0.6) is 0 Å². The second-order valence-corrected chi connectivity index (χ2v) is 6.75. The van der Waals surface area contributed by atoms with E-state index in [1.807, 2.05) is 42.1 Å². The summed E-state index contributed by atoms with van der Waals surface area (Å²) < 4.78 is 2.05. The molecule has 1 aromatic heterocycles. The molecular weight excluding hydrogens is 332 g/mol. The van der Waals surface area contributed by atoms with Gasteiger partial charge in [0.15, 0.2) is 0 Å². The molecule has 3 rings (SSSR count). The maximum atomic E-state index is 12.7. The maximum Gasteiger partial charge on any atom is 0.242 e. The molecule has 0 saturated carbocycles. The number of para-hydroxylation sites is 1. The molecule has 1 aliphatic heterocycles. The summed E-state index contributed by atoms with van der Waals surface area (Å²) in [6, 6.07) is 7.31. The van der Waals surface area contributed by atoms with E-state index in [1.54, 1.807) is 4.90 Å². The lowest BCUT2D eigenvalue weighted by Gasteiger charge is -2.39. The molecule has 2 N–H and O–H groups in total. The number of aryl methyl sites for hydroxylation is 2. The molecule has 7 heteroatoms. The summed E-state index contributed by atoms with van der Waals surface area (Å²) >= 11 is 0. The highest BCUT2D eigenvalue weighted by Gasteiger charge is 2.34. The highest BCUT2D eigenvalue weighted by atomic mass is 16.2. The molecule has 0 bridgehead atoms. The molecule has 2 aromatic rings. The Bertz CT molecular complexity index is 858. The molecule has 26 heavy (non-hydrogen) atoms. The molecule has 0 spiro atoms. The van der Waals surface area contributed by atoms with Crippen LogP contribution in [0, 0.1) is 0 Å². The number of aromatic nitrogens is 1. The highest BCUT2D eigenvalue weighted by molar-refractivity contribution is 5.89. The molecule has 0 radical (unpaired) electrons. The number of piperazine rings is 1. The quantitative estimate of drug-likeness (QED) is 0.873. The molecule has 1 aliphatic rings. The van der Waals surface area contributed by atoms with Crippen molar-refractivity contribution in [1.82, 2.24) is 14.4 Å². The number of hydrogen-bond acceptors (Lipinski definition) is 3. The molecule has 1 aromatic carbocycles. The molecule has 0 aliphatic carbocycles. The summed E-state index contributed by atoms with van der Waals surface area (Å²) in [5.74, 6) is -0.793. The van der Waals surface area contributed by atoms with Crippen LogP contribution in [0.4, 0.5) is 0 Å². The number of carbonyl (C=O) groups is 3. The third-order valence-electron chi connectivity index (χ3n) is 5.06. The van der Waals surface area contributed by atoms with Crippen molar-refractivity contribution in [2.24, 2.45) is 12.8 Å². The van der Waals surface area contributed by atoms with Gasteiger partial charge in [-0.05, 0) is 18.1 Å². The molecule has 1 unspecified atom stereocenters. The minimum Gasteiger partial charge on any atom is -0.368 e. The largest absolute Gasteiger partial charge is 0.368 e. The highest BCUT2D eigenvalue weighted by Crippen LogP contribution is 2.22. The van der Waals surface area contributed by atoms with Crippen molar-refractivity contribution in [3.8, 4) is 0 Å². The second-order valence-electron chi connectivity index (χ2n) is 6.75. The molecule has 2 heterocycles. The Morgan fingerprint density at radius 3 is 2.62 bits per heavy atom. The van der Waals surface area contributed by atoms with Crippen LogP contribution in [0.25, 0.3) is 10.9 Å². The molecule has 1 saturated heterocycles. The fourth-order valence-electron chi connectivity index (χ4n) is 3.62. The van der Waals surface area contributed by atoms with Crippen LogP contribution in [0.15, 0.2) is 30.5 Å². The van der Waals surface area contributed by atoms with Gasteiger partial charge in [0, 0.05) is 50.6 Å². The zero-order valence-electron chi connectivity index (χ0n) is 15.1. The molecule has 1 fully saturated rings. The number of carbonyl (C=O) groups excluding carboxylic acids is 3. The van der Waals surface area contributed by atoms with Gasteiger partial charge in [-0.1, -0.05) is 18.2 Å². The second kappa shape index (κ2) is 7.19. The van der Waals surface area contributed by atoms with Gasteiger partial charge in [-0.25, -0.2) is 0 Å². The van der Waals surface area contributed by atoms with Crippen molar-refractivity contribution in [3.63, 3.8) is 0 Å². The van der Waals surface area contributed by atoms with Crippen molar-refractivity contribution in [3.05, 3.63) is 36.0 Å². The van der Waals surface area contributed by atoms with Gasteiger partial charge in [0.1, 0.15) is 6.04 Å². The summed E-state index contributed by atoms with van der Waals surface area (Å²) in [6.45, 7) is 2.39. The Kier molecular flexibility index (Phi) is 4.97. The Morgan fingerprint density at radius 1 is 1.19 bits per heavy atom. The van der Waals surface area contributed by atoms with Gasteiger partial charge in [0.05, 0.1) is 6.54 Å². The van der Waals surface area contributed by atoms with Crippen molar-refractivity contribution in [2.75, 3.05) is 19.6 Å². The van der Waals surface area contributed by atoms with Crippen LogP contribution < -0.4 is 5.73 Å². The summed E-state index contributed by atoms with van der Waals surface area (Å²) in [4.78, 5) is 39.1. The summed E-state index contributed by atoms with van der Waals surface area (Å²) in [5.41, 5.74) is 7.70. The van der Waals surface area contributed by atoms with Gasteiger partial charge in [0.25, 0.3) is 0 Å². The lowest BCUT2D eigenvalue weighted by Crippen LogP contribution is -2.60. The Balaban J connectivity index is 1.70. The van der Waals surface area contributed by atoms with Gasteiger partial charge < -0.3 is 20.1 Å². The first kappa shape index (κ1) is 18.0. The van der Waals surface area contributed by atoms with Crippen LogP contribution in [0.3, 0.4) is 0 Å². The Morgan fingerprint density at radius 2 is 1.92 bits per heavy atom. The summed E-state index contributed by atoms with van der Waals surface area (Å²) in [5, 5.41) is 1.13. The summed E-state index contributed by atoms with van der Waals surface area (Å²) in [7, 11) is 1.98. The molecule has 138 valence electrons. The standard InChI is InChI=1S/C19H24N4O3/c1-13(24)22-9-10-23(17(12-22)19(20)26)18(25)8-7-14-11-21(2)16-6-4-3-5-15(14)16/h3-6,11,17H,7-10,12H2,1-2H3,(H2,20,26). The minimum absolute atomic E-state index is 0.107. The molecule has 1 atom stereocenters. The number of primary amides is 1. The van der Waals surface area contributed by atoms with Gasteiger partial charge in [-0.2, -0.15) is 0 Å². The lowest BCUT2D eigenvalue weighted by molar-refractivity contribution is -0.146. The minimum atomic E-state index is -0.757. The van der Waals surface area contributed by atoms with Crippen molar-refractivity contribution < 1.29 is 14.4 Å². The maximum absolute atomic E-state index is 12.7. The SMILES string of the molecule is CC(=O)N1CCN(C(=O)CCc2cn(C)c3ccccc23)C(C(N)=O)C1. The number of hydrogen-bond donors (Lipinski definition) is 1. The first-order chi connectivity index (χ1) is 12.4. The van der Waals surface area contributed by atoms with Crippen molar-refractivity contribution in [1.29, 1.82) is 0 Å². The normalized spacial score (nSPS) is 17.5. The smallest absolute Gasteiger partial charge is 0.242 e. The van der Waals surface area contributed by atoms with E-state index in [1.165, 1.54) is 11.8 Å². The third-order valence-corrected chi connectivity index (χ3v) is 5.06. The average molecular weight is 356 g/mol. The van der Waals surface area contributed by atoms with E-state index < -0.39 is 11.9 Å². The van der Waals surface area contributed by atoms with Crippen LogP contribution in [-0.4, -0.2) is 57.8 Å². The van der Waals surface area contributed by atoms with E-state index in [9.17, 15) is 14.4 Å². The number of fused-ring (bicyclic) bond motifs is 1. The molecular formula is C19H24N4O3. The number of rotatable bonds is 4. The number of nitrogens with zero attached hydrogens (tertiary/aromatic N) is 3. The van der Waals surface area contributed by atoms with E-state index in [2.05, 4.69) is 0 Å². The fraction of sp³-hybridized carbons (Fsp3) is 0.421. The van der Waals surface area contributed by atoms with E-state index in [4.69, 9.17) is 5.73 Å². The van der Waals surface area contributed by atoms with E-state index in [0.717, 1.165) is 16.5 Å². The molecule has 3 amide bonds. The lowest BCUT2D eigenvalue weighted by atomic mass is 10.1. The van der Waals surface area contributed by atoms with E-state index >= 15 is 0 Å². The number of nitrogens with two attached hydrogens (primary N) is 1. The van der Waals surface area contributed by atoms with Gasteiger partial charge in [0.2, 0.25) is 17.7 Å². The van der Waals surface area contributed by atoms with Crippen molar-refractivity contribution >= 4 is 28.6 Å². The van der Waals surface area contributed by atoms with Crippen LogP contribution in [0.2, 0.25) is 0 Å². The topological polar surface area (TPSA) is 88.6 Å². The first-order valence-corrected chi connectivity index (χ1v) is 8.75. The van der Waals surface area contributed by atoms with Gasteiger partial charge in [-0.15, -0.1) is 0 Å². The van der Waals surface area contributed by atoms with Gasteiger partial charge in [-0.3, -0.25) is 14.4 Å². The predicted octanol–water partition coefficient (Wildman–Crippen LogP) is 0.655. The van der Waals surface area contributed by atoms with Crippen molar-refractivity contribution in [2.45, 2.75) is 25.8 Å². The van der Waals surface area contributed by atoms with E-state index in [0.29, 0.717) is 25.9 Å². The predicted molar refractivity (Wildman–Crippen MR) is 98.2 cm³/mol. The summed E-state index contributed by atoms with van der Waals surface area (Å²) in [6.07, 6.45) is 2.94. The third kappa shape index (κ3) is 3.42.